The number of alkyl halides is 2. The molecule has 2 aromatic rings. The highest BCUT2D eigenvalue weighted by Crippen LogP contribution is 2.54. The summed E-state index contributed by atoms with van der Waals surface area (Å²) in [6.07, 6.45) is 5.19. The van der Waals surface area contributed by atoms with Gasteiger partial charge in [0.25, 0.3) is 11.8 Å². The highest BCUT2D eigenvalue weighted by molar-refractivity contribution is 8.09. The summed E-state index contributed by atoms with van der Waals surface area (Å²) in [6, 6.07) is 5.77. The van der Waals surface area contributed by atoms with E-state index in [9.17, 15) is 30.4 Å². The van der Waals surface area contributed by atoms with Crippen LogP contribution in [-0.4, -0.2) is 77.3 Å². The molecule has 1 N–H and O–H groups in total. The minimum absolute atomic E-state index is 0.00170. The molecular formula is C26H34F2N6O5S2. The maximum atomic E-state index is 13.7. The number of aryl methyl sites for hydroxylation is 1. The Morgan fingerprint density at radius 2 is 1.46 bits per heavy atom. The van der Waals surface area contributed by atoms with Crippen molar-refractivity contribution in [3.8, 4) is 0 Å². The van der Waals surface area contributed by atoms with Crippen LogP contribution in [-0.2, 0) is 20.0 Å². The van der Waals surface area contributed by atoms with Gasteiger partial charge in [0.15, 0.2) is 0 Å². The zero-order valence-electron chi connectivity index (χ0n) is 23.2. The zero-order valence-corrected chi connectivity index (χ0v) is 24.9. The number of nitrogens with one attached hydrogen (secondary N) is 1. The predicted molar refractivity (Wildman–Crippen MR) is 153 cm³/mol. The van der Waals surface area contributed by atoms with E-state index in [0.717, 1.165) is 38.2 Å². The van der Waals surface area contributed by atoms with Crippen molar-refractivity contribution >= 4 is 49.1 Å². The molecule has 0 atom stereocenters. The molecule has 1 saturated carbocycles. The third-order valence-corrected chi connectivity index (χ3v) is 11.3. The van der Waals surface area contributed by atoms with Gasteiger partial charge >= 0.3 is 0 Å². The lowest BCUT2D eigenvalue weighted by molar-refractivity contribution is -0.0221. The standard InChI is InChI=1S/C26H34F2N6O5S2/c1-18-16-22(33-14-10-26(27,28)11-15-33)30-24(29-18)31-23(35)20-5-4-19(34(40(2,36)37)41(3,38)39)17-21(20)32-12-8-25(6-7-25)9-13-32/h4-5,16-17H,6-15H2,1-3H3,(H,29,30,31,35). The van der Waals surface area contributed by atoms with Crippen molar-refractivity contribution < 1.29 is 30.4 Å². The average molecular weight is 613 g/mol. The molecule has 2 aliphatic heterocycles. The number of nitrogens with zero attached hydrogens (tertiary/aromatic N) is 5. The number of rotatable bonds is 7. The minimum Gasteiger partial charge on any atom is -0.371 e. The molecule has 3 fully saturated rings. The zero-order chi connectivity index (χ0) is 29.8. The number of hydrogen-bond donors (Lipinski definition) is 1. The molecule has 0 radical (unpaired) electrons. The molecule has 11 nitrogen and oxygen atoms in total. The fourth-order valence-corrected chi connectivity index (χ4v) is 8.58. The van der Waals surface area contributed by atoms with Gasteiger partial charge in [-0.25, -0.2) is 30.6 Å². The van der Waals surface area contributed by atoms with Gasteiger partial charge in [0.2, 0.25) is 26.0 Å². The Balaban J connectivity index is 1.46. The number of carbonyl (C=O) groups excluding carboxylic acids is 1. The number of anilines is 4. The average Bonchev–Trinajstić information content (AvgIpc) is 3.61. The normalized spacial score (nSPS) is 20.1. The van der Waals surface area contributed by atoms with Crippen molar-refractivity contribution in [1.82, 2.24) is 9.97 Å². The molecular weight excluding hydrogens is 578 g/mol. The molecule has 15 heteroatoms. The van der Waals surface area contributed by atoms with Crippen molar-refractivity contribution in [2.24, 2.45) is 5.41 Å². The van der Waals surface area contributed by atoms with Crippen molar-refractivity contribution in [2.45, 2.75) is 51.4 Å². The van der Waals surface area contributed by atoms with Crippen molar-refractivity contribution in [3.63, 3.8) is 0 Å². The summed E-state index contributed by atoms with van der Waals surface area (Å²) in [5.41, 5.74) is 1.38. The largest absolute Gasteiger partial charge is 0.371 e. The van der Waals surface area contributed by atoms with Crippen LogP contribution in [0.5, 0.6) is 0 Å². The monoisotopic (exact) mass is 612 g/mol. The number of piperidine rings is 2. The Labute approximate surface area is 239 Å². The quantitative estimate of drug-likeness (QED) is 0.500. The maximum Gasteiger partial charge on any atom is 0.260 e. The Bertz CT molecular complexity index is 1530. The Morgan fingerprint density at radius 1 is 0.878 bits per heavy atom. The number of amides is 1. The van der Waals surface area contributed by atoms with Gasteiger partial charge in [-0.05, 0) is 56.2 Å². The third-order valence-electron chi connectivity index (χ3n) is 8.05. The highest BCUT2D eigenvalue weighted by atomic mass is 32.3. The molecule has 5 rings (SSSR count). The van der Waals surface area contributed by atoms with Gasteiger partial charge in [-0.15, -0.1) is 0 Å². The van der Waals surface area contributed by atoms with Crippen LogP contribution in [0.3, 0.4) is 0 Å². The smallest absolute Gasteiger partial charge is 0.260 e. The van der Waals surface area contributed by atoms with Gasteiger partial charge < -0.3 is 9.80 Å². The van der Waals surface area contributed by atoms with Gasteiger partial charge in [-0.3, -0.25) is 10.1 Å². The molecule has 3 aliphatic rings. The van der Waals surface area contributed by atoms with Crippen LogP contribution in [0, 0.1) is 12.3 Å². The first-order chi connectivity index (χ1) is 19.1. The number of benzene rings is 1. The first-order valence-electron chi connectivity index (χ1n) is 13.4. The highest BCUT2D eigenvalue weighted by Gasteiger charge is 2.45. The Kier molecular flexibility index (Phi) is 7.41. The summed E-state index contributed by atoms with van der Waals surface area (Å²) in [5, 5.41) is 2.70. The summed E-state index contributed by atoms with van der Waals surface area (Å²) in [7, 11) is -8.37. The van der Waals surface area contributed by atoms with Crippen LogP contribution in [0.25, 0.3) is 0 Å². The molecule has 0 bridgehead atoms. The van der Waals surface area contributed by atoms with Crippen LogP contribution < -0.4 is 18.8 Å². The molecule has 224 valence electrons. The van der Waals surface area contributed by atoms with E-state index in [1.54, 1.807) is 17.9 Å². The van der Waals surface area contributed by atoms with Crippen LogP contribution >= 0.6 is 0 Å². The first kappa shape index (κ1) is 29.4. The number of aromatic nitrogens is 2. The lowest BCUT2D eigenvalue weighted by Gasteiger charge is -2.35. The molecule has 1 amide bonds. The van der Waals surface area contributed by atoms with E-state index in [4.69, 9.17) is 0 Å². The molecule has 1 spiro atoms. The summed E-state index contributed by atoms with van der Waals surface area (Å²) in [4.78, 5) is 26.0. The first-order valence-corrected chi connectivity index (χ1v) is 17.1. The van der Waals surface area contributed by atoms with Crippen LogP contribution in [0.2, 0.25) is 0 Å². The van der Waals surface area contributed by atoms with E-state index in [1.165, 1.54) is 18.2 Å². The summed E-state index contributed by atoms with van der Waals surface area (Å²) in [6.45, 7) is 3.22. The van der Waals surface area contributed by atoms with E-state index >= 15 is 0 Å². The van der Waals surface area contributed by atoms with E-state index in [-0.39, 0.29) is 43.1 Å². The molecule has 0 unspecified atom stereocenters. The van der Waals surface area contributed by atoms with Crippen LogP contribution in [0.15, 0.2) is 24.3 Å². The number of sulfonamides is 2. The third kappa shape index (κ3) is 6.55. The lowest BCUT2D eigenvalue weighted by atomic mass is 9.93. The molecule has 1 aromatic carbocycles. The van der Waals surface area contributed by atoms with Crippen LogP contribution in [0.4, 0.5) is 31.9 Å². The molecule has 41 heavy (non-hydrogen) atoms. The summed E-state index contributed by atoms with van der Waals surface area (Å²) >= 11 is 0. The van der Waals surface area contributed by atoms with Crippen molar-refractivity contribution in [1.29, 1.82) is 0 Å². The van der Waals surface area contributed by atoms with E-state index < -0.39 is 31.9 Å². The van der Waals surface area contributed by atoms with Crippen molar-refractivity contribution in [2.75, 3.05) is 57.5 Å². The number of carbonyl (C=O) groups is 1. The minimum atomic E-state index is -4.19. The van der Waals surface area contributed by atoms with Gasteiger partial charge in [0.05, 0.1) is 29.4 Å². The molecule has 3 heterocycles. The second-order valence-electron chi connectivity index (χ2n) is 11.4. The predicted octanol–water partition coefficient (Wildman–Crippen LogP) is 3.38. The SMILES string of the molecule is Cc1cc(N2CCC(F)(F)CC2)nc(NC(=O)c2ccc(N(S(C)(=O)=O)S(C)(=O)=O)cc2N2CCC3(CC2)CC3)n1. The summed E-state index contributed by atoms with van der Waals surface area (Å²) < 4.78 is 77.5. The van der Waals surface area contributed by atoms with Crippen LogP contribution in [0.1, 0.15) is 54.6 Å². The second-order valence-corrected chi connectivity index (χ2v) is 15.3. The van der Waals surface area contributed by atoms with Crippen molar-refractivity contribution in [3.05, 3.63) is 35.5 Å². The van der Waals surface area contributed by atoms with E-state index in [2.05, 4.69) is 15.3 Å². The number of halogens is 2. The Morgan fingerprint density at radius 3 is 2.02 bits per heavy atom. The van der Waals surface area contributed by atoms with Gasteiger partial charge in [-0.1, -0.05) is 0 Å². The summed E-state index contributed by atoms with van der Waals surface area (Å²) in [5.74, 6) is -2.84. The van der Waals surface area contributed by atoms with E-state index in [1.807, 2.05) is 4.90 Å². The topological polar surface area (TPSA) is 133 Å². The fourth-order valence-electron chi connectivity index (χ4n) is 5.62. The van der Waals surface area contributed by atoms with Gasteiger partial charge in [-0.2, -0.15) is 8.69 Å². The molecule has 1 aromatic heterocycles. The van der Waals surface area contributed by atoms with Gasteiger partial charge in [0, 0.05) is 50.8 Å². The van der Waals surface area contributed by atoms with E-state index in [0.29, 0.717) is 39.4 Å². The maximum absolute atomic E-state index is 13.7. The lowest BCUT2D eigenvalue weighted by Crippen LogP contribution is -2.40. The molecule has 2 saturated heterocycles. The fraction of sp³-hybridized carbons (Fsp3) is 0.577. The molecule has 1 aliphatic carbocycles. The number of hydrogen-bond acceptors (Lipinski definition) is 9. The van der Waals surface area contributed by atoms with Gasteiger partial charge in [0.1, 0.15) is 5.82 Å². The second kappa shape index (κ2) is 10.3. The Hall–Kier alpha value is -3.07.